The molecule has 18 heavy (non-hydrogen) atoms. The Balaban J connectivity index is 2.49. The second-order valence-electron chi connectivity index (χ2n) is 3.70. The molecular formula is C13H8Cl3NO. The topological polar surface area (TPSA) is 43.1 Å². The molecule has 2 aromatic rings. The van der Waals surface area contributed by atoms with Crippen LogP contribution in [0.4, 0.5) is 5.69 Å². The van der Waals surface area contributed by atoms with E-state index < -0.39 is 0 Å². The summed E-state index contributed by atoms with van der Waals surface area (Å²) in [5, 5.41) is 1.02. The van der Waals surface area contributed by atoms with Crippen LogP contribution in [0.15, 0.2) is 36.4 Å². The lowest BCUT2D eigenvalue weighted by atomic mass is 10.0. The number of nitrogens with two attached hydrogens (primary N) is 1. The van der Waals surface area contributed by atoms with Crippen molar-refractivity contribution in [3.63, 3.8) is 0 Å². The molecule has 2 rings (SSSR count). The summed E-state index contributed by atoms with van der Waals surface area (Å²) >= 11 is 17.7. The number of rotatable bonds is 2. The van der Waals surface area contributed by atoms with Crippen LogP contribution in [0.5, 0.6) is 0 Å². The molecule has 0 atom stereocenters. The third-order valence-electron chi connectivity index (χ3n) is 2.40. The first-order valence-corrected chi connectivity index (χ1v) is 6.17. The van der Waals surface area contributed by atoms with Crippen molar-refractivity contribution >= 4 is 46.3 Å². The van der Waals surface area contributed by atoms with Crippen molar-refractivity contribution in [3.05, 3.63) is 62.6 Å². The Labute approximate surface area is 119 Å². The Morgan fingerprint density at radius 1 is 1.00 bits per heavy atom. The van der Waals surface area contributed by atoms with E-state index in [-0.39, 0.29) is 21.4 Å². The number of hydrogen-bond donors (Lipinski definition) is 1. The summed E-state index contributed by atoms with van der Waals surface area (Å²) in [6, 6.07) is 9.52. The van der Waals surface area contributed by atoms with Crippen LogP contribution in [0.1, 0.15) is 15.9 Å². The van der Waals surface area contributed by atoms with Crippen LogP contribution in [0.2, 0.25) is 15.1 Å². The van der Waals surface area contributed by atoms with Gasteiger partial charge < -0.3 is 5.73 Å². The molecule has 0 heterocycles. The lowest BCUT2D eigenvalue weighted by Crippen LogP contribution is -2.03. The molecule has 0 amide bonds. The summed E-state index contributed by atoms with van der Waals surface area (Å²) in [4.78, 5) is 12.2. The van der Waals surface area contributed by atoms with Gasteiger partial charge in [-0.05, 0) is 36.4 Å². The van der Waals surface area contributed by atoms with Gasteiger partial charge in [0.05, 0.1) is 10.0 Å². The lowest BCUT2D eigenvalue weighted by Gasteiger charge is -2.07. The third-order valence-corrected chi connectivity index (χ3v) is 3.46. The van der Waals surface area contributed by atoms with Crippen molar-refractivity contribution in [1.82, 2.24) is 0 Å². The van der Waals surface area contributed by atoms with E-state index in [1.807, 2.05) is 0 Å². The normalized spacial score (nSPS) is 10.4. The second-order valence-corrected chi connectivity index (χ2v) is 4.92. The summed E-state index contributed by atoms with van der Waals surface area (Å²) in [7, 11) is 0. The summed E-state index contributed by atoms with van der Waals surface area (Å²) in [6.45, 7) is 0. The van der Waals surface area contributed by atoms with Crippen molar-refractivity contribution in [1.29, 1.82) is 0 Å². The monoisotopic (exact) mass is 299 g/mol. The molecule has 0 aliphatic rings. The predicted molar refractivity (Wildman–Crippen MR) is 75.8 cm³/mol. The maximum Gasteiger partial charge on any atom is 0.194 e. The van der Waals surface area contributed by atoms with E-state index >= 15 is 0 Å². The number of hydrogen-bond acceptors (Lipinski definition) is 2. The van der Waals surface area contributed by atoms with Crippen LogP contribution < -0.4 is 5.73 Å². The molecule has 5 heteroatoms. The SMILES string of the molecule is Nc1cc(Cl)c(Cl)c(C(=O)c2ccc(Cl)cc2)c1. The van der Waals surface area contributed by atoms with Gasteiger partial charge in [0.15, 0.2) is 5.78 Å². The highest BCUT2D eigenvalue weighted by Gasteiger charge is 2.15. The van der Waals surface area contributed by atoms with E-state index in [4.69, 9.17) is 40.5 Å². The molecule has 2 N–H and O–H groups in total. The zero-order chi connectivity index (χ0) is 13.3. The van der Waals surface area contributed by atoms with E-state index in [9.17, 15) is 4.79 Å². The number of carbonyl (C=O) groups excluding carboxylic acids is 1. The smallest absolute Gasteiger partial charge is 0.194 e. The van der Waals surface area contributed by atoms with Crippen LogP contribution in [-0.4, -0.2) is 5.78 Å². The van der Waals surface area contributed by atoms with E-state index in [0.717, 1.165) is 0 Å². The van der Waals surface area contributed by atoms with Crippen molar-refractivity contribution in [2.24, 2.45) is 0 Å². The molecule has 0 saturated heterocycles. The Bertz CT molecular complexity index is 608. The minimum Gasteiger partial charge on any atom is -0.399 e. The standard InChI is InChI=1S/C13H8Cl3NO/c14-8-3-1-7(2-4-8)13(18)10-5-9(17)6-11(15)12(10)16/h1-6H,17H2. The molecule has 0 aliphatic carbocycles. The fraction of sp³-hybridized carbons (Fsp3) is 0. The molecule has 0 saturated carbocycles. The molecule has 0 aromatic heterocycles. The predicted octanol–water partition coefficient (Wildman–Crippen LogP) is 4.46. The zero-order valence-electron chi connectivity index (χ0n) is 9.08. The van der Waals surface area contributed by atoms with E-state index in [1.165, 1.54) is 12.1 Å². The van der Waals surface area contributed by atoms with Gasteiger partial charge in [0.1, 0.15) is 0 Å². The van der Waals surface area contributed by atoms with Gasteiger partial charge in [0.25, 0.3) is 0 Å². The average molecular weight is 301 g/mol. The highest BCUT2D eigenvalue weighted by Crippen LogP contribution is 2.30. The first kappa shape index (κ1) is 13.2. The van der Waals surface area contributed by atoms with Crippen molar-refractivity contribution in [2.45, 2.75) is 0 Å². The van der Waals surface area contributed by atoms with Gasteiger partial charge in [-0.15, -0.1) is 0 Å². The van der Waals surface area contributed by atoms with E-state index in [2.05, 4.69) is 0 Å². The largest absolute Gasteiger partial charge is 0.399 e. The number of ketones is 1. The quantitative estimate of drug-likeness (QED) is 0.657. The average Bonchev–Trinajstić information content (AvgIpc) is 2.34. The van der Waals surface area contributed by atoms with Gasteiger partial charge in [0.2, 0.25) is 0 Å². The van der Waals surface area contributed by atoms with E-state index in [1.54, 1.807) is 24.3 Å². The molecule has 0 fully saturated rings. The Kier molecular flexibility index (Phi) is 3.81. The first-order valence-electron chi connectivity index (χ1n) is 5.04. The summed E-state index contributed by atoms with van der Waals surface area (Å²) in [6.07, 6.45) is 0. The fourth-order valence-electron chi connectivity index (χ4n) is 1.53. The van der Waals surface area contributed by atoms with Crippen LogP contribution in [-0.2, 0) is 0 Å². The van der Waals surface area contributed by atoms with Crippen LogP contribution in [0.25, 0.3) is 0 Å². The molecule has 0 radical (unpaired) electrons. The van der Waals surface area contributed by atoms with Gasteiger partial charge >= 0.3 is 0 Å². The second kappa shape index (κ2) is 5.19. The Hall–Kier alpha value is -1.22. The number of halogens is 3. The van der Waals surface area contributed by atoms with Crippen molar-refractivity contribution < 1.29 is 4.79 Å². The molecule has 0 bridgehead atoms. The van der Waals surface area contributed by atoms with Gasteiger partial charge in [-0.1, -0.05) is 34.8 Å². The van der Waals surface area contributed by atoms with Gasteiger partial charge in [-0.2, -0.15) is 0 Å². The Morgan fingerprint density at radius 2 is 1.61 bits per heavy atom. The summed E-state index contributed by atoms with van der Waals surface area (Å²) < 4.78 is 0. The molecular weight excluding hydrogens is 293 g/mol. The van der Waals surface area contributed by atoms with Gasteiger partial charge in [-0.25, -0.2) is 0 Å². The number of benzene rings is 2. The van der Waals surface area contributed by atoms with E-state index in [0.29, 0.717) is 16.3 Å². The van der Waals surface area contributed by atoms with Crippen molar-refractivity contribution in [3.8, 4) is 0 Å². The Morgan fingerprint density at radius 3 is 2.22 bits per heavy atom. The molecule has 0 aliphatic heterocycles. The molecule has 2 aromatic carbocycles. The molecule has 92 valence electrons. The summed E-state index contributed by atoms with van der Waals surface area (Å²) in [5.41, 5.74) is 6.80. The molecule has 0 unspecified atom stereocenters. The number of anilines is 1. The van der Waals surface area contributed by atoms with Crippen LogP contribution in [0, 0.1) is 0 Å². The third kappa shape index (κ3) is 2.61. The van der Waals surface area contributed by atoms with Crippen molar-refractivity contribution in [2.75, 3.05) is 5.73 Å². The number of nitrogen functional groups attached to an aromatic ring is 1. The minimum absolute atomic E-state index is 0.200. The van der Waals surface area contributed by atoms with Gasteiger partial charge in [0, 0.05) is 21.8 Å². The highest BCUT2D eigenvalue weighted by atomic mass is 35.5. The maximum atomic E-state index is 12.2. The number of carbonyl (C=O) groups is 1. The van der Waals surface area contributed by atoms with Crippen LogP contribution in [0.3, 0.4) is 0 Å². The summed E-state index contributed by atoms with van der Waals surface area (Å²) in [5.74, 6) is -0.245. The molecule has 0 spiro atoms. The molecule has 2 nitrogen and oxygen atoms in total. The maximum absolute atomic E-state index is 12.2. The minimum atomic E-state index is -0.245. The van der Waals surface area contributed by atoms with Crippen LogP contribution >= 0.6 is 34.8 Å². The fourth-order valence-corrected chi connectivity index (χ4v) is 2.08. The lowest BCUT2D eigenvalue weighted by molar-refractivity contribution is 0.103. The highest BCUT2D eigenvalue weighted by molar-refractivity contribution is 6.44. The van der Waals surface area contributed by atoms with Gasteiger partial charge in [-0.3, -0.25) is 4.79 Å². The first-order chi connectivity index (χ1) is 8.49. The zero-order valence-corrected chi connectivity index (χ0v) is 11.4.